The van der Waals surface area contributed by atoms with E-state index in [2.05, 4.69) is 17.2 Å². The Hall–Kier alpha value is -2.14. The van der Waals surface area contributed by atoms with E-state index in [4.69, 9.17) is 5.73 Å². The maximum absolute atomic E-state index is 11.6. The molecular weight excluding hydrogens is 242 g/mol. The highest BCUT2D eigenvalue weighted by Crippen LogP contribution is 2.04. The summed E-state index contributed by atoms with van der Waals surface area (Å²) in [5, 5.41) is 5.28. The fourth-order valence-electron chi connectivity index (χ4n) is 1.53. The third-order valence-electron chi connectivity index (χ3n) is 2.67. The molecule has 4 N–H and O–H groups in total. The van der Waals surface area contributed by atoms with E-state index in [0.29, 0.717) is 18.5 Å². The van der Waals surface area contributed by atoms with Crippen molar-refractivity contribution in [1.29, 1.82) is 0 Å². The highest BCUT2D eigenvalue weighted by Gasteiger charge is 2.10. The van der Waals surface area contributed by atoms with Crippen LogP contribution in [0.25, 0.3) is 0 Å². The van der Waals surface area contributed by atoms with Crippen molar-refractivity contribution in [3.05, 3.63) is 48.0 Å². The van der Waals surface area contributed by atoms with Crippen LogP contribution in [0.3, 0.4) is 0 Å². The molecular formula is C14H19N3O2. The van der Waals surface area contributed by atoms with Crippen molar-refractivity contribution in [1.82, 2.24) is 10.6 Å². The van der Waals surface area contributed by atoms with E-state index in [-0.39, 0.29) is 11.8 Å². The van der Waals surface area contributed by atoms with Crippen molar-refractivity contribution in [2.45, 2.75) is 19.0 Å². The van der Waals surface area contributed by atoms with E-state index in [9.17, 15) is 9.59 Å². The molecule has 1 unspecified atom stereocenters. The van der Waals surface area contributed by atoms with Crippen molar-refractivity contribution < 1.29 is 9.59 Å². The topological polar surface area (TPSA) is 84.2 Å². The van der Waals surface area contributed by atoms with Gasteiger partial charge < -0.3 is 16.4 Å². The highest BCUT2D eigenvalue weighted by molar-refractivity contribution is 5.93. The van der Waals surface area contributed by atoms with Crippen LogP contribution in [0.4, 0.5) is 0 Å². The van der Waals surface area contributed by atoms with Gasteiger partial charge in [0.25, 0.3) is 5.91 Å². The van der Waals surface area contributed by atoms with Crippen LogP contribution in [-0.2, 0) is 11.3 Å². The minimum atomic E-state index is -0.567. The SMILES string of the molecule is C=CCC(N)C(=O)NCc1ccc(C(=O)NC)cc1. The molecule has 0 radical (unpaired) electrons. The van der Waals surface area contributed by atoms with E-state index in [1.54, 1.807) is 37.4 Å². The Labute approximate surface area is 112 Å². The van der Waals surface area contributed by atoms with Gasteiger partial charge in [0.1, 0.15) is 0 Å². The first-order valence-electron chi connectivity index (χ1n) is 6.03. The second kappa shape index (κ2) is 7.33. The molecule has 0 saturated carbocycles. The number of hydrogen-bond acceptors (Lipinski definition) is 3. The number of carbonyl (C=O) groups excluding carboxylic acids is 2. The summed E-state index contributed by atoms with van der Waals surface area (Å²) < 4.78 is 0. The van der Waals surface area contributed by atoms with Crippen molar-refractivity contribution in [3.63, 3.8) is 0 Å². The molecule has 0 spiro atoms. The Bertz CT molecular complexity index is 454. The van der Waals surface area contributed by atoms with Gasteiger partial charge in [-0.15, -0.1) is 6.58 Å². The van der Waals surface area contributed by atoms with Gasteiger partial charge in [-0.05, 0) is 24.1 Å². The molecule has 1 aromatic carbocycles. The van der Waals surface area contributed by atoms with Gasteiger partial charge in [-0.3, -0.25) is 9.59 Å². The quantitative estimate of drug-likeness (QED) is 0.654. The predicted molar refractivity (Wildman–Crippen MR) is 74.5 cm³/mol. The van der Waals surface area contributed by atoms with Crippen LogP contribution in [-0.4, -0.2) is 24.9 Å². The lowest BCUT2D eigenvalue weighted by Gasteiger charge is -2.10. The molecule has 0 aliphatic carbocycles. The number of carbonyl (C=O) groups is 2. The molecule has 0 saturated heterocycles. The molecule has 0 aliphatic rings. The van der Waals surface area contributed by atoms with Crippen LogP contribution in [0.5, 0.6) is 0 Å². The van der Waals surface area contributed by atoms with Gasteiger partial charge in [-0.1, -0.05) is 18.2 Å². The minimum absolute atomic E-state index is 0.136. The van der Waals surface area contributed by atoms with Crippen LogP contribution in [0.1, 0.15) is 22.3 Å². The van der Waals surface area contributed by atoms with Crippen LogP contribution in [0.15, 0.2) is 36.9 Å². The lowest BCUT2D eigenvalue weighted by atomic mass is 10.1. The summed E-state index contributed by atoms with van der Waals surface area (Å²) >= 11 is 0. The first kappa shape index (κ1) is 14.9. The molecule has 1 atom stereocenters. The number of hydrogen-bond donors (Lipinski definition) is 3. The lowest BCUT2D eigenvalue weighted by molar-refractivity contribution is -0.122. The summed E-state index contributed by atoms with van der Waals surface area (Å²) in [5.74, 6) is -0.348. The maximum atomic E-state index is 11.6. The van der Waals surface area contributed by atoms with Crippen molar-refractivity contribution in [2.75, 3.05) is 7.05 Å². The van der Waals surface area contributed by atoms with E-state index in [0.717, 1.165) is 5.56 Å². The second-order valence-electron chi connectivity index (χ2n) is 4.12. The van der Waals surface area contributed by atoms with Gasteiger partial charge in [-0.25, -0.2) is 0 Å². The summed E-state index contributed by atoms with van der Waals surface area (Å²) in [6.45, 7) is 3.92. The minimum Gasteiger partial charge on any atom is -0.355 e. The summed E-state index contributed by atoms with van der Waals surface area (Å²) in [6, 6.07) is 6.45. The van der Waals surface area contributed by atoms with Crippen molar-refractivity contribution in [2.24, 2.45) is 5.73 Å². The highest BCUT2D eigenvalue weighted by atomic mass is 16.2. The molecule has 19 heavy (non-hydrogen) atoms. The average molecular weight is 261 g/mol. The van der Waals surface area contributed by atoms with E-state index in [1.165, 1.54) is 0 Å². The third-order valence-corrected chi connectivity index (χ3v) is 2.67. The number of benzene rings is 1. The van der Waals surface area contributed by atoms with Crippen LogP contribution in [0.2, 0.25) is 0 Å². The number of amides is 2. The van der Waals surface area contributed by atoms with E-state index < -0.39 is 6.04 Å². The Morgan fingerprint density at radius 1 is 1.37 bits per heavy atom. The van der Waals surface area contributed by atoms with Gasteiger partial charge in [-0.2, -0.15) is 0 Å². The molecule has 0 heterocycles. The molecule has 2 amide bonds. The Balaban J connectivity index is 2.52. The zero-order valence-electron chi connectivity index (χ0n) is 11.0. The Morgan fingerprint density at radius 3 is 2.53 bits per heavy atom. The molecule has 5 heteroatoms. The zero-order chi connectivity index (χ0) is 14.3. The zero-order valence-corrected chi connectivity index (χ0v) is 11.0. The van der Waals surface area contributed by atoms with Crippen LogP contribution < -0.4 is 16.4 Å². The molecule has 1 aromatic rings. The van der Waals surface area contributed by atoms with E-state index in [1.807, 2.05) is 0 Å². The summed E-state index contributed by atoms with van der Waals surface area (Å²) in [6.07, 6.45) is 2.06. The summed E-state index contributed by atoms with van der Waals surface area (Å²) in [4.78, 5) is 22.9. The lowest BCUT2D eigenvalue weighted by Crippen LogP contribution is -2.39. The van der Waals surface area contributed by atoms with Gasteiger partial charge in [0.15, 0.2) is 0 Å². The molecule has 0 aromatic heterocycles. The summed E-state index contributed by atoms with van der Waals surface area (Å²) in [7, 11) is 1.58. The number of nitrogens with one attached hydrogen (secondary N) is 2. The number of nitrogens with two attached hydrogens (primary N) is 1. The molecule has 0 bridgehead atoms. The van der Waals surface area contributed by atoms with Gasteiger partial charge in [0, 0.05) is 19.2 Å². The van der Waals surface area contributed by atoms with Crippen molar-refractivity contribution in [3.8, 4) is 0 Å². The van der Waals surface area contributed by atoms with Gasteiger partial charge in [0.2, 0.25) is 5.91 Å². The first-order valence-corrected chi connectivity index (χ1v) is 6.03. The number of rotatable bonds is 6. The van der Waals surface area contributed by atoms with E-state index >= 15 is 0 Å². The van der Waals surface area contributed by atoms with Gasteiger partial charge >= 0.3 is 0 Å². The Morgan fingerprint density at radius 2 is 2.00 bits per heavy atom. The maximum Gasteiger partial charge on any atom is 0.251 e. The fourth-order valence-corrected chi connectivity index (χ4v) is 1.53. The average Bonchev–Trinajstić information content (AvgIpc) is 2.44. The summed E-state index contributed by atoms with van der Waals surface area (Å²) in [5.41, 5.74) is 7.13. The monoisotopic (exact) mass is 261 g/mol. The smallest absolute Gasteiger partial charge is 0.251 e. The normalized spacial score (nSPS) is 11.5. The van der Waals surface area contributed by atoms with Gasteiger partial charge in [0.05, 0.1) is 6.04 Å². The van der Waals surface area contributed by atoms with Crippen LogP contribution >= 0.6 is 0 Å². The van der Waals surface area contributed by atoms with Crippen molar-refractivity contribution >= 4 is 11.8 Å². The Kier molecular flexibility index (Phi) is 5.75. The molecule has 102 valence electrons. The van der Waals surface area contributed by atoms with Crippen LogP contribution in [0, 0.1) is 0 Å². The fraction of sp³-hybridized carbons (Fsp3) is 0.286. The predicted octanol–water partition coefficient (Wildman–Crippen LogP) is 0.566. The molecule has 0 aliphatic heterocycles. The molecule has 5 nitrogen and oxygen atoms in total. The third kappa shape index (κ3) is 4.56. The first-order chi connectivity index (χ1) is 9.08. The second-order valence-corrected chi connectivity index (χ2v) is 4.12. The standard InChI is InChI=1S/C14H19N3O2/c1-3-4-12(15)14(19)17-9-10-5-7-11(8-6-10)13(18)16-2/h3,5-8,12H,1,4,9,15H2,2H3,(H,16,18)(H,17,19). The molecule has 1 rings (SSSR count). The largest absolute Gasteiger partial charge is 0.355 e. The molecule has 0 fully saturated rings.